The maximum atomic E-state index is 13.2. The number of aliphatic hydroxyl groups excluding tert-OH is 1. The zero-order valence-electron chi connectivity index (χ0n) is 22.9. The van der Waals surface area contributed by atoms with Crippen LogP contribution in [0.25, 0.3) is 0 Å². The molecule has 3 aromatic carbocycles. The minimum absolute atomic E-state index is 0.0555. The van der Waals surface area contributed by atoms with E-state index in [1.165, 1.54) is 0 Å². The highest BCUT2D eigenvalue weighted by atomic mass is 35.5. The lowest BCUT2D eigenvalue weighted by molar-refractivity contribution is -0.143. The predicted molar refractivity (Wildman–Crippen MR) is 152 cm³/mol. The second kappa shape index (κ2) is 13.7. The minimum Gasteiger partial charge on any atom is -0.390 e. The molecule has 0 saturated carbocycles. The Balaban J connectivity index is 1.42. The van der Waals surface area contributed by atoms with Gasteiger partial charge in [0, 0.05) is 19.0 Å². The topological polar surface area (TPSA) is 52.9 Å². The van der Waals surface area contributed by atoms with Crippen molar-refractivity contribution in [2.45, 2.75) is 55.8 Å². The summed E-state index contributed by atoms with van der Waals surface area (Å²) in [7, 11) is 0. The van der Waals surface area contributed by atoms with Crippen LogP contribution in [0.1, 0.15) is 53.0 Å². The Morgan fingerprint density at radius 3 is 2.00 bits per heavy atom. The number of rotatable bonds is 10. The van der Waals surface area contributed by atoms with Gasteiger partial charge in [0.1, 0.15) is 0 Å². The van der Waals surface area contributed by atoms with Crippen molar-refractivity contribution >= 4 is 23.2 Å². The summed E-state index contributed by atoms with van der Waals surface area (Å²) in [5.74, 6) is -0.531. The van der Waals surface area contributed by atoms with Crippen molar-refractivity contribution in [2.24, 2.45) is 0 Å². The van der Waals surface area contributed by atoms with Gasteiger partial charge in [0.25, 0.3) is 0 Å². The van der Waals surface area contributed by atoms with Crippen LogP contribution in [0, 0.1) is 0 Å². The van der Waals surface area contributed by atoms with E-state index < -0.39 is 47.7 Å². The van der Waals surface area contributed by atoms with Crippen molar-refractivity contribution in [3.8, 4) is 0 Å². The van der Waals surface area contributed by atoms with E-state index in [0.29, 0.717) is 61.6 Å². The van der Waals surface area contributed by atoms with Gasteiger partial charge in [0.05, 0.1) is 46.1 Å². The number of hydrogen-bond acceptors (Lipinski definition) is 4. The molecule has 2 N–H and O–H groups in total. The molecule has 1 unspecified atom stereocenters. The molecule has 12 heteroatoms. The van der Waals surface area contributed by atoms with Gasteiger partial charge in [-0.1, -0.05) is 59.6 Å². The summed E-state index contributed by atoms with van der Waals surface area (Å²) in [6.07, 6.45) is -9.61. The van der Waals surface area contributed by atoms with Crippen molar-refractivity contribution in [2.75, 3.05) is 26.2 Å². The third kappa shape index (κ3) is 8.86. The Morgan fingerprint density at radius 1 is 0.837 bits per heavy atom. The molecule has 4 nitrogen and oxygen atoms in total. The predicted octanol–water partition coefficient (Wildman–Crippen LogP) is 8.07. The molecule has 43 heavy (non-hydrogen) atoms. The molecule has 1 aliphatic rings. The molecule has 0 amide bonds. The van der Waals surface area contributed by atoms with Gasteiger partial charge < -0.3 is 19.8 Å². The first-order chi connectivity index (χ1) is 20.2. The van der Waals surface area contributed by atoms with Gasteiger partial charge in [-0.3, -0.25) is 0 Å². The Bertz CT molecular complexity index is 1330. The second-order valence-electron chi connectivity index (χ2n) is 10.8. The molecule has 1 heterocycles. The van der Waals surface area contributed by atoms with Gasteiger partial charge in [-0.15, -0.1) is 0 Å². The molecule has 0 aromatic heterocycles. The lowest BCUT2D eigenvalue weighted by Crippen LogP contribution is -2.43. The number of halogens is 8. The molecule has 1 fully saturated rings. The standard InChI is InChI=1S/C31H31Cl2F6NO3/c32-26-7-6-21(16-27(26)33)25(8-11-40-12-9-29(42,10-13-40)22-4-2-1-3-5-22)28(41)19-43-18-20-14-23(30(34,35)36)17-24(15-20)31(37,38)39/h1-7,14-17,25,28,41-42H,8-13,18-19H2/t25?,28-/m1/s1. The van der Waals surface area contributed by atoms with Crippen molar-refractivity contribution in [1.29, 1.82) is 0 Å². The van der Waals surface area contributed by atoms with Gasteiger partial charge in [-0.2, -0.15) is 26.3 Å². The molecule has 234 valence electrons. The van der Waals surface area contributed by atoms with Crippen LogP contribution in [0.4, 0.5) is 26.3 Å². The normalized spacial score (nSPS) is 17.5. The number of hydrogen-bond donors (Lipinski definition) is 2. The first-order valence-electron chi connectivity index (χ1n) is 13.6. The Hall–Kier alpha value is -2.34. The molecular formula is C31H31Cl2F6NO3. The Morgan fingerprint density at radius 2 is 1.44 bits per heavy atom. The summed E-state index contributed by atoms with van der Waals surface area (Å²) in [6, 6.07) is 15.6. The number of piperidine rings is 1. The average molecular weight is 650 g/mol. The number of likely N-dealkylation sites (tertiary alicyclic amines) is 1. The molecule has 4 rings (SSSR count). The van der Waals surface area contributed by atoms with E-state index >= 15 is 0 Å². The Labute approximate surface area is 255 Å². The number of nitrogens with zero attached hydrogens (tertiary/aromatic N) is 1. The van der Waals surface area contributed by atoms with Crippen LogP contribution in [-0.4, -0.2) is 47.5 Å². The largest absolute Gasteiger partial charge is 0.416 e. The van der Waals surface area contributed by atoms with Gasteiger partial charge >= 0.3 is 12.4 Å². The van der Waals surface area contributed by atoms with E-state index in [4.69, 9.17) is 27.9 Å². The highest BCUT2D eigenvalue weighted by molar-refractivity contribution is 6.42. The van der Waals surface area contributed by atoms with E-state index in [1.807, 2.05) is 30.3 Å². The van der Waals surface area contributed by atoms with Crippen LogP contribution in [0.3, 0.4) is 0 Å². The highest BCUT2D eigenvalue weighted by Gasteiger charge is 2.37. The SMILES string of the molecule is O[C@H](COCc1cc(C(F)(F)F)cc(C(F)(F)F)c1)C(CCN1CCC(O)(c2ccccc2)CC1)c1ccc(Cl)c(Cl)c1. The van der Waals surface area contributed by atoms with Crippen LogP contribution in [-0.2, 0) is 29.3 Å². The van der Waals surface area contributed by atoms with Crippen LogP contribution in [0.15, 0.2) is 66.7 Å². The first-order valence-corrected chi connectivity index (χ1v) is 14.4. The number of aliphatic hydroxyl groups is 2. The van der Waals surface area contributed by atoms with Gasteiger partial charge in [-0.25, -0.2) is 0 Å². The van der Waals surface area contributed by atoms with Crippen LogP contribution < -0.4 is 0 Å². The molecule has 0 radical (unpaired) electrons. The zero-order chi connectivity index (χ0) is 31.4. The van der Waals surface area contributed by atoms with E-state index in [9.17, 15) is 36.6 Å². The maximum Gasteiger partial charge on any atom is 0.416 e. The fourth-order valence-electron chi connectivity index (χ4n) is 5.35. The summed E-state index contributed by atoms with van der Waals surface area (Å²) in [5.41, 5.74) is -2.60. The molecule has 3 aromatic rings. The third-order valence-electron chi connectivity index (χ3n) is 7.79. The first kappa shape index (κ1) is 33.6. The molecule has 0 spiro atoms. The fraction of sp³-hybridized carbons (Fsp3) is 0.419. The lowest BCUT2D eigenvalue weighted by atomic mass is 9.84. The van der Waals surface area contributed by atoms with Crippen molar-refractivity contribution < 1.29 is 41.3 Å². The van der Waals surface area contributed by atoms with Crippen molar-refractivity contribution in [1.82, 2.24) is 4.90 Å². The van der Waals surface area contributed by atoms with Crippen molar-refractivity contribution in [3.63, 3.8) is 0 Å². The Kier molecular flexibility index (Phi) is 10.7. The van der Waals surface area contributed by atoms with Crippen LogP contribution in [0.5, 0.6) is 0 Å². The molecule has 0 aliphatic carbocycles. The van der Waals surface area contributed by atoms with Gasteiger partial charge in [0.15, 0.2) is 0 Å². The summed E-state index contributed by atoms with van der Waals surface area (Å²) < 4.78 is 84.8. The average Bonchev–Trinajstić information content (AvgIpc) is 2.95. The summed E-state index contributed by atoms with van der Waals surface area (Å²) in [6.45, 7) is 0.861. The smallest absolute Gasteiger partial charge is 0.390 e. The summed E-state index contributed by atoms with van der Waals surface area (Å²) in [5, 5.41) is 22.8. The summed E-state index contributed by atoms with van der Waals surface area (Å²) >= 11 is 12.3. The fourth-order valence-corrected chi connectivity index (χ4v) is 5.65. The second-order valence-corrected chi connectivity index (χ2v) is 11.6. The van der Waals surface area contributed by atoms with E-state index in [2.05, 4.69) is 4.90 Å². The number of benzene rings is 3. The van der Waals surface area contributed by atoms with Gasteiger partial charge in [0.2, 0.25) is 0 Å². The molecule has 1 saturated heterocycles. The number of alkyl halides is 6. The lowest BCUT2D eigenvalue weighted by Gasteiger charge is -2.39. The molecular weight excluding hydrogens is 619 g/mol. The molecule has 0 bridgehead atoms. The molecule has 1 aliphatic heterocycles. The molecule has 2 atom stereocenters. The monoisotopic (exact) mass is 649 g/mol. The highest BCUT2D eigenvalue weighted by Crippen LogP contribution is 2.37. The summed E-state index contributed by atoms with van der Waals surface area (Å²) in [4.78, 5) is 2.16. The van der Waals surface area contributed by atoms with E-state index in [0.717, 1.165) is 5.56 Å². The number of ether oxygens (including phenoxy) is 1. The van der Waals surface area contributed by atoms with Gasteiger partial charge in [-0.05, 0) is 72.8 Å². The third-order valence-corrected chi connectivity index (χ3v) is 8.53. The van der Waals surface area contributed by atoms with E-state index in [1.54, 1.807) is 18.2 Å². The van der Waals surface area contributed by atoms with Crippen LogP contribution >= 0.6 is 23.2 Å². The van der Waals surface area contributed by atoms with Crippen LogP contribution in [0.2, 0.25) is 10.0 Å². The quantitative estimate of drug-likeness (QED) is 0.218. The minimum atomic E-state index is -4.97. The van der Waals surface area contributed by atoms with Crippen molar-refractivity contribution in [3.05, 3.63) is 105 Å². The zero-order valence-corrected chi connectivity index (χ0v) is 24.4. The van der Waals surface area contributed by atoms with E-state index in [-0.39, 0.29) is 23.3 Å². The maximum absolute atomic E-state index is 13.2.